The number of carbonyl (C=O) groups is 3. The molecule has 1 aliphatic heterocycles. The molecule has 0 aromatic heterocycles. The molecule has 0 spiro atoms. The Hall–Kier alpha value is -2.37. The number of nitrogens with one attached hydrogen (secondary N) is 2. The molecule has 1 saturated heterocycles. The Labute approximate surface area is 204 Å². The van der Waals surface area contributed by atoms with Crippen LogP contribution in [0.25, 0.3) is 0 Å². The Morgan fingerprint density at radius 1 is 1.06 bits per heavy atom. The van der Waals surface area contributed by atoms with Crippen molar-refractivity contribution in [3.05, 3.63) is 35.4 Å². The van der Waals surface area contributed by atoms with E-state index in [4.69, 9.17) is 0 Å². The zero-order valence-electron chi connectivity index (χ0n) is 21.0. The molecule has 1 aromatic rings. The molecule has 0 bridgehead atoms. The molecule has 34 heavy (non-hydrogen) atoms. The van der Waals surface area contributed by atoms with E-state index in [2.05, 4.69) is 29.7 Å². The maximum absolute atomic E-state index is 13.8. The topological polar surface area (TPSA) is 78.5 Å². The molecular weight excluding hydrogens is 426 g/mol. The second-order valence-corrected chi connectivity index (χ2v) is 10.7. The van der Waals surface area contributed by atoms with Crippen LogP contribution in [-0.2, 0) is 20.8 Å². The lowest BCUT2D eigenvalue weighted by Crippen LogP contribution is -2.57. The summed E-state index contributed by atoms with van der Waals surface area (Å²) in [6.45, 7) is 6.65. The molecule has 1 aromatic carbocycles. The van der Waals surface area contributed by atoms with Gasteiger partial charge in [-0.3, -0.25) is 14.4 Å². The number of rotatable bonds is 7. The molecule has 6 heteroatoms. The molecule has 1 heterocycles. The van der Waals surface area contributed by atoms with E-state index in [0.717, 1.165) is 44.9 Å². The standard InChI is InChI=1S/C28H41N3O3/c1-4-18(2)26(32)30-25(20-11-6-5-7-12-20)28(34)31-16-10-15-23(31)27(33)29-24-19(3)17-21-13-8-9-14-22(21)24/h8-9,13-14,18-20,23-25H,4-7,10-12,15-17H2,1-3H3,(H,29,33)(H,30,32)/t18-,19-,23+,24-,25+/m1/s1. The van der Waals surface area contributed by atoms with Crippen LogP contribution in [0.5, 0.6) is 0 Å². The van der Waals surface area contributed by atoms with Gasteiger partial charge in [-0.1, -0.05) is 64.3 Å². The fourth-order valence-electron chi connectivity index (χ4n) is 6.08. The molecule has 1 saturated carbocycles. The summed E-state index contributed by atoms with van der Waals surface area (Å²) in [7, 11) is 0. The average molecular weight is 468 g/mol. The van der Waals surface area contributed by atoms with Gasteiger partial charge in [0.15, 0.2) is 0 Å². The molecule has 5 atom stereocenters. The van der Waals surface area contributed by atoms with E-state index >= 15 is 0 Å². The number of hydrogen-bond acceptors (Lipinski definition) is 3. The lowest BCUT2D eigenvalue weighted by atomic mass is 9.83. The van der Waals surface area contributed by atoms with Gasteiger partial charge in [-0.25, -0.2) is 0 Å². The van der Waals surface area contributed by atoms with Crippen molar-refractivity contribution in [2.24, 2.45) is 17.8 Å². The van der Waals surface area contributed by atoms with Crippen LogP contribution in [0, 0.1) is 17.8 Å². The van der Waals surface area contributed by atoms with Gasteiger partial charge < -0.3 is 15.5 Å². The Bertz CT molecular complexity index is 895. The molecule has 0 unspecified atom stereocenters. The quantitative estimate of drug-likeness (QED) is 0.633. The number of carbonyl (C=O) groups excluding carboxylic acids is 3. The van der Waals surface area contributed by atoms with E-state index in [-0.39, 0.29) is 35.6 Å². The number of benzene rings is 1. The monoisotopic (exact) mass is 467 g/mol. The largest absolute Gasteiger partial charge is 0.347 e. The molecule has 3 amide bonds. The number of amides is 3. The third kappa shape index (κ3) is 5.16. The average Bonchev–Trinajstić information content (AvgIpc) is 3.47. The van der Waals surface area contributed by atoms with E-state index in [9.17, 15) is 14.4 Å². The van der Waals surface area contributed by atoms with Crippen molar-refractivity contribution in [3.8, 4) is 0 Å². The molecule has 2 N–H and O–H groups in total. The van der Waals surface area contributed by atoms with Gasteiger partial charge in [-0.05, 0) is 61.5 Å². The summed E-state index contributed by atoms with van der Waals surface area (Å²) in [6.07, 6.45) is 8.48. The van der Waals surface area contributed by atoms with E-state index in [1.54, 1.807) is 4.90 Å². The fourth-order valence-corrected chi connectivity index (χ4v) is 6.08. The van der Waals surface area contributed by atoms with Gasteiger partial charge >= 0.3 is 0 Å². The van der Waals surface area contributed by atoms with Gasteiger partial charge in [0.05, 0.1) is 6.04 Å². The first-order valence-corrected chi connectivity index (χ1v) is 13.4. The predicted molar refractivity (Wildman–Crippen MR) is 133 cm³/mol. The van der Waals surface area contributed by atoms with Gasteiger partial charge in [-0.15, -0.1) is 0 Å². The van der Waals surface area contributed by atoms with Crippen molar-refractivity contribution < 1.29 is 14.4 Å². The van der Waals surface area contributed by atoms with Crippen LogP contribution in [0.2, 0.25) is 0 Å². The predicted octanol–water partition coefficient (Wildman–Crippen LogP) is 4.14. The zero-order chi connectivity index (χ0) is 24.2. The Morgan fingerprint density at radius 2 is 1.79 bits per heavy atom. The summed E-state index contributed by atoms with van der Waals surface area (Å²) in [4.78, 5) is 41.8. The molecule has 4 rings (SSSR count). The third-order valence-corrected chi connectivity index (χ3v) is 8.38. The Balaban J connectivity index is 1.49. The summed E-state index contributed by atoms with van der Waals surface area (Å²) in [5.74, 6) is 0.177. The Kier molecular flexibility index (Phi) is 7.95. The number of fused-ring (bicyclic) bond motifs is 1. The maximum atomic E-state index is 13.8. The Morgan fingerprint density at radius 3 is 2.53 bits per heavy atom. The van der Waals surface area contributed by atoms with Gasteiger partial charge in [0.2, 0.25) is 17.7 Å². The van der Waals surface area contributed by atoms with Crippen molar-refractivity contribution in [2.75, 3.05) is 6.54 Å². The van der Waals surface area contributed by atoms with Crippen molar-refractivity contribution in [3.63, 3.8) is 0 Å². The van der Waals surface area contributed by atoms with Crippen LogP contribution in [0.4, 0.5) is 0 Å². The second-order valence-electron chi connectivity index (χ2n) is 10.7. The van der Waals surface area contributed by atoms with Crippen LogP contribution in [0.1, 0.15) is 89.3 Å². The molecule has 0 radical (unpaired) electrons. The van der Waals surface area contributed by atoms with Gasteiger partial charge in [0.25, 0.3) is 0 Å². The molecule has 3 aliphatic rings. The highest BCUT2D eigenvalue weighted by Gasteiger charge is 2.42. The highest BCUT2D eigenvalue weighted by atomic mass is 16.2. The smallest absolute Gasteiger partial charge is 0.246 e. The van der Waals surface area contributed by atoms with E-state index < -0.39 is 12.1 Å². The van der Waals surface area contributed by atoms with Crippen molar-refractivity contribution in [1.29, 1.82) is 0 Å². The first-order valence-electron chi connectivity index (χ1n) is 13.4. The van der Waals surface area contributed by atoms with E-state index in [1.807, 2.05) is 26.0 Å². The van der Waals surface area contributed by atoms with Gasteiger partial charge in [0.1, 0.15) is 12.1 Å². The summed E-state index contributed by atoms with van der Waals surface area (Å²) >= 11 is 0. The van der Waals surface area contributed by atoms with Crippen LogP contribution in [0.3, 0.4) is 0 Å². The fraction of sp³-hybridized carbons (Fsp3) is 0.679. The van der Waals surface area contributed by atoms with Gasteiger partial charge in [-0.2, -0.15) is 0 Å². The number of likely N-dealkylation sites (tertiary alicyclic amines) is 1. The van der Waals surface area contributed by atoms with Crippen LogP contribution >= 0.6 is 0 Å². The zero-order valence-corrected chi connectivity index (χ0v) is 21.0. The van der Waals surface area contributed by atoms with Crippen molar-refractivity contribution in [2.45, 2.75) is 96.7 Å². The summed E-state index contributed by atoms with van der Waals surface area (Å²) < 4.78 is 0. The van der Waals surface area contributed by atoms with Crippen molar-refractivity contribution in [1.82, 2.24) is 15.5 Å². The normalized spacial score (nSPS) is 26.6. The molecular formula is C28H41N3O3. The van der Waals surface area contributed by atoms with Crippen molar-refractivity contribution >= 4 is 17.7 Å². The second kappa shape index (κ2) is 10.9. The lowest BCUT2D eigenvalue weighted by molar-refractivity contribution is -0.143. The minimum absolute atomic E-state index is 0.0134. The van der Waals surface area contributed by atoms with E-state index in [1.165, 1.54) is 17.5 Å². The highest BCUT2D eigenvalue weighted by Crippen LogP contribution is 2.36. The van der Waals surface area contributed by atoms with Crippen LogP contribution < -0.4 is 10.6 Å². The SMILES string of the molecule is CC[C@@H](C)C(=O)N[C@H](C(=O)N1CCC[C@H]1C(=O)N[C@H]1c2ccccc2C[C@H]1C)C1CCCCC1. The highest BCUT2D eigenvalue weighted by molar-refractivity contribution is 5.93. The molecule has 2 aliphatic carbocycles. The summed E-state index contributed by atoms with van der Waals surface area (Å²) in [6, 6.07) is 7.31. The molecule has 186 valence electrons. The van der Waals surface area contributed by atoms with Crippen LogP contribution in [-0.4, -0.2) is 41.2 Å². The summed E-state index contributed by atoms with van der Waals surface area (Å²) in [5, 5.41) is 6.38. The minimum atomic E-state index is -0.527. The maximum Gasteiger partial charge on any atom is 0.246 e. The van der Waals surface area contributed by atoms with Gasteiger partial charge in [0, 0.05) is 12.5 Å². The number of hydrogen-bond donors (Lipinski definition) is 2. The lowest BCUT2D eigenvalue weighted by Gasteiger charge is -2.35. The number of nitrogens with zero attached hydrogens (tertiary/aromatic N) is 1. The van der Waals surface area contributed by atoms with Crippen LogP contribution in [0.15, 0.2) is 24.3 Å². The first-order chi connectivity index (χ1) is 16.4. The summed E-state index contributed by atoms with van der Waals surface area (Å²) in [5.41, 5.74) is 2.49. The van der Waals surface area contributed by atoms with E-state index in [0.29, 0.717) is 18.9 Å². The molecule has 6 nitrogen and oxygen atoms in total. The minimum Gasteiger partial charge on any atom is -0.347 e. The first kappa shape index (κ1) is 24.7. The third-order valence-electron chi connectivity index (χ3n) is 8.38. The molecule has 2 fully saturated rings.